The molecular formula is C26H20N2O4. The number of hydrogen-bond donors (Lipinski definition) is 2. The van der Waals surface area contributed by atoms with Crippen molar-refractivity contribution in [2.24, 2.45) is 0 Å². The molecule has 6 heteroatoms. The first kappa shape index (κ1) is 20.8. The van der Waals surface area contributed by atoms with Gasteiger partial charge in [-0.1, -0.05) is 54.6 Å². The summed E-state index contributed by atoms with van der Waals surface area (Å²) in [5, 5.41) is 7.51. The van der Waals surface area contributed by atoms with Crippen LogP contribution >= 0.6 is 0 Å². The highest BCUT2D eigenvalue weighted by molar-refractivity contribution is 6.15. The van der Waals surface area contributed by atoms with E-state index in [9.17, 15) is 14.4 Å². The summed E-state index contributed by atoms with van der Waals surface area (Å²) >= 11 is 0. The van der Waals surface area contributed by atoms with Gasteiger partial charge in [-0.05, 0) is 47.2 Å². The molecule has 0 aliphatic rings. The average molecular weight is 424 g/mol. The number of anilines is 2. The second-order valence-corrected chi connectivity index (χ2v) is 7.10. The van der Waals surface area contributed by atoms with Gasteiger partial charge in [-0.15, -0.1) is 0 Å². The summed E-state index contributed by atoms with van der Waals surface area (Å²) in [5.74, 6) is -0.863. The van der Waals surface area contributed by atoms with Gasteiger partial charge in [-0.3, -0.25) is 14.4 Å². The molecule has 158 valence electrons. The van der Waals surface area contributed by atoms with E-state index in [1.165, 1.54) is 13.0 Å². The fourth-order valence-electron chi connectivity index (χ4n) is 3.38. The van der Waals surface area contributed by atoms with Gasteiger partial charge in [0.1, 0.15) is 5.75 Å². The number of benzene rings is 4. The quantitative estimate of drug-likeness (QED) is 0.338. The van der Waals surface area contributed by atoms with Crippen LogP contribution in [-0.2, 0) is 4.79 Å². The zero-order chi connectivity index (χ0) is 22.5. The Labute approximate surface area is 184 Å². The van der Waals surface area contributed by atoms with Crippen LogP contribution in [-0.4, -0.2) is 17.8 Å². The third kappa shape index (κ3) is 4.65. The Balaban J connectivity index is 1.56. The molecule has 0 atom stereocenters. The smallest absolute Gasteiger partial charge is 0.308 e. The summed E-state index contributed by atoms with van der Waals surface area (Å²) in [6, 6.07) is 26.5. The lowest BCUT2D eigenvalue weighted by atomic mass is 10.0. The molecule has 0 spiro atoms. The first-order chi connectivity index (χ1) is 15.5. The van der Waals surface area contributed by atoms with Crippen LogP contribution in [0.5, 0.6) is 5.75 Å². The van der Waals surface area contributed by atoms with E-state index in [2.05, 4.69) is 10.6 Å². The molecule has 4 aromatic rings. The molecule has 0 heterocycles. The van der Waals surface area contributed by atoms with Gasteiger partial charge < -0.3 is 15.4 Å². The van der Waals surface area contributed by atoms with Crippen molar-refractivity contribution >= 4 is 39.9 Å². The van der Waals surface area contributed by atoms with E-state index in [1.54, 1.807) is 48.5 Å². The third-order valence-corrected chi connectivity index (χ3v) is 4.82. The van der Waals surface area contributed by atoms with Gasteiger partial charge in [0.15, 0.2) is 0 Å². The van der Waals surface area contributed by atoms with Gasteiger partial charge in [0.2, 0.25) is 0 Å². The summed E-state index contributed by atoms with van der Waals surface area (Å²) in [6.45, 7) is 1.29. The van der Waals surface area contributed by atoms with Crippen LogP contribution in [0.3, 0.4) is 0 Å². The highest BCUT2D eigenvalue weighted by atomic mass is 16.5. The third-order valence-electron chi connectivity index (χ3n) is 4.82. The minimum Gasteiger partial charge on any atom is -0.427 e. The molecule has 0 aliphatic carbocycles. The Bertz CT molecular complexity index is 1320. The van der Waals surface area contributed by atoms with E-state index in [0.29, 0.717) is 22.5 Å². The predicted octanol–water partition coefficient (Wildman–Crippen LogP) is 5.27. The molecule has 6 nitrogen and oxygen atoms in total. The summed E-state index contributed by atoms with van der Waals surface area (Å²) in [4.78, 5) is 37.0. The number of para-hydroxylation sites is 2. The lowest BCUT2D eigenvalue weighted by Crippen LogP contribution is -2.17. The summed E-state index contributed by atoms with van der Waals surface area (Å²) in [6.07, 6.45) is 0. The number of carbonyl (C=O) groups is 3. The predicted molar refractivity (Wildman–Crippen MR) is 124 cm³/mol. The van der Waals surface area contributed by atoms with Gasteiger partial charge in [0, 0.05) is 18.1 Å². The molecule has 2 amide bonds. The normalized spacial score (nSPS) is 10.4. The number of amides is 2. The molecule has 0 bridgehead atoms. The van der Waals surface area contributed by atoms with Crippen LogP contribution in [0.1, 0.15) is 27.6 Å². The van der Waals surface area contributed by atoms with E-state index >= 15 is 0 Å². The number of hydrogen-bond acceptors (Lipinski definition) is 4. The first-order valence-electron chi connectivity index (χ1n) is 9.99. The second kappa shape index (κ2) is 9.14. The highest BCUT2D eigenvalue weighted by Gasteiger charge is 2.14. The summed E-state index contributed by atoms with van der Waals surface area (Å²) < 4.78 is 5.04. The van der Waals surface area contributed by atoms with Crippen molar-refractivity contribution in [1.82, 2.24) is 0 Å². The number of esters is 1. The van der Waals surface area contributed by atoms with E-state index < -0.39 is 11.9 Å². The lowest BCUT2D eigenvalue weighted by Gasteiger charge is -2.13. The van der Waals surface area contributed by atoms with Gasteiger partial charge in [0.25, 0.3) is 11.8 Å². The Morgan fingerprint density at radius 3 is 2.06 bits per heavy atom. The fourth-order valence-corrected chi connectivity index (χ4v) is 3.38. The van der Waals surface area contributed by atoms with Crippen molar-refractivity contribution in [1.29, 1.82) is 0 Å². The molecule has 0 saturated carbocycles. The minimum atomic E-state index is -0.468. The molecule has 4 aromatic carbocycles. The number of ether oxygens (including phenoxy) is 1. The van der Waals surface area contributed by atoms with Gasteiger partial charge in [-0.2, -0.15) is 0 Å². The molecule has 4 rings (SSSR count). The van der Waals surface area contributed by atoms with Gasteiger partial charge in [-0.25, -0.2) is 0 Å². The minimum absolute atomic E-state index is 0.277. The summed E-state index contributed by atoms with van der Waals surface area (Å²) in [7, 11) is 0. The van der Waals surface area contributed by atoms with Crippen molar-refractivity contribution in [3.63, 3.8) is 0 Å². The van der Waals surface area contributed by atoms with Crippen molar-refractivity contribution in [3.05, 3.63) is 102 Å². The zero-order valence-corrected chi connectivity index (χ0v) is 17.3. The van der Waals surface area contributed by atoms with Crippen LogP contribution in [0, 0.1) is 0 Å². The van der Waals surface area contributed by atoms with Crippen LogP contribution in [0.25, 0.3) is 10.8 Å². The standard InChI is InChI=1S/C26H20N2O4/c1-17(29)32-20-11-6-10-19(16-20)25(30)27-23-14-4-5-15-24(23)28-26(31)22-13-7-9-18-8-2-3-12-21(18)22/h2-16H,1H3,(H,27,30)(H,28,31). The molecule has 32 heavy (non-hydrogen) atoms. The van der Waals surface area contributed by atoms with Crippen LogP contribution in [0.2, 0.25) is 0 Å². The monoisotopic (exact) mass is 424 g/mol. The van der Waals surface area contributed by atoms with Gasteiger partial charge in [0.05, 0.1) is 11.4 Å². The Morgan fingerprint density at radius 2 is 1.31 bits per heavy atom. The molecule has 0 unspecified atom stereocenters. The largest absolute Gasteiger partial charge is 0.427 e. The Kier molecular flexibility index (Phi) is 5.94. The van der Waals surface area contributed by atoms with Crippen LogP contribution in [0.15, 0.2) is 91.0 Å². The van der Waals surface area contributed by atoms with Crippen molar-refractivity contribution in [2.45, 2.75) is 6.92 Å². The number of carbonyl (C=O) groups excluding carboxylic acids is 3. The van der Waals surface area contributed by atoms with Crippen molar-refractivity contribution in [2.75, 3.05) is 10.6 Å². The highest BCUT2D eigenvalue weighted by Crippen LogP contribution is 2.25. The number of nitrogens with one attached hydrogen (secondary N) is 2. The second-order valence-electron chi connectivity index (χ2n) is 7.10. The Hall–Kier alpha value is -4.45. The molecule has 0 saturated heterocycles. The van der Waals surface area contributed by atoms with E-state index in [1.807, 2.05) is 36.4 Å². The van der Waals surface area contributed by atoms with E-state index in [0.717, 1.165) is 10.8 Å². The molecule has 2 N–H and O–H groups in total. The maximum Gasteiger partial charge on any atom is 0.308 e. The average Bonchev–Trinajstić information content (AvgIpc) is 2.79. The topological polar surface area (TPSA) is 84.5 Å². The van der Waals surface area contributed by atoms with Crippen molar-refractivity contribution in [3.8, 4) is 5.75 Å². The molecular weight excluding hydrogens is 404 g/mol. The number of fused-ring (bicyclic) bond motifs is 1. The maximum atomic E-state index is 13.0. The van der Waals surface area contributed by atoms with E-state index in [-0.39, 0.29) is 11.7 Å². The molecule has 0 fully saturated rings. The van der Waals surface area contributed by atoms with Crippen LogP contribution in [0.4, 0.5) is 11.4 Å². The SMILES string of the molecule is CC(=O)Oc1cccc(C(=O)Nc2ccccc2NC(=O)c2cccc3ccccc23)c1. The molecule has 0 aromatic heterocycles. The van der Waals surface area contributed by atoms with Gasteiger partial charge >= 0.3 is 5.97 Å². The first-order valence-corrected chi connectivity index (χ1v) is 9.99. The molecule has 0 radical (unpaired) electrons. The number of rotatable bonds is 5. The van der Waals surface area contributed by atoms with E-state index in [4.69, 9.17) is 4.74 Å². The molecule has 0 aliphatic heterocycles. The maximum absolute atomic E-state index is 13.0. The van der Waals surface area contributed by atoms with Crippen molar-refractivity contribution < 1.29 is 19.1 Å². The summed E-state index contributed by atoms with van der Waals surface area (Å²) in [5.41, 5.74) is 1.77. The lowest BCUT2D eigenvalue weighted by molar-refractivity contribution is -0.131. The Morgan fingerprint density at radius 1 is 0.688 bits per heavy atom. The fraction of sp³-hybridized carbons (Fsp3) is 0.0385. The zero-order valence-electron chi connectivity index (χ0n) is 17.3. The van der Waals surface area contributed by atoms with Crippen LogP contribution < -0.4 is 15.4 Å².